The molecule has 6 heteroatoms. The Kier molecular flexibility index (Phi) is 5.28. The Balaban J connectivity index is 1.51. The third kappa shape index (κ3) is 4.01. The Morgan fingerprint density at radius 2 is 1.83 bits per heavy atom. The Morgan fingerprint density at radius 3 is 2.42 bits per heavy atom. The van der Waals surface area contributed by atoms with Crippen LogP contribution >= 0.6 is 11.3 Å². The van der Waals surface area contributed by atoms with Crippen molar-refractivity contribution in [2.45, 2.75) is 13.0 Å². The van der Waals surface area contributed by atoms with E-state index in [1.54, 1.807) is 12.1 Å². The van der Waals surface area contributed by atoms with E-state index in [1.165, 1.54) is 23.5 Å². The van der Waals surface area contributed by atoms with Crippen LogP contribution in [-0.2, 0) is 0 Å². The fraction of sp³-hybridized carbons (Fsp3) is 0.389. The number of β-amino-alcohol motifs (C(OH)–C–C–N with tert-alkyl or cyclic N) is 1. The van der Waals surface area contributed by atoms with Crippen LogP contribution < -0.4 is 0 Å². The van der Waals surface area contributed by atoms with Crippen molar-refractivity contribution in [1.82, 2.24) is 9.80 Å². The molecule has 0 spiro atoms. The number of amides is 1. The molecule has 2 heterocycles. The number of nitrogens with zero attached hydrogens (tertiary/aromatic N) is 2. The average Bonchev–Trinajstić information content (AvgIpc) is 3.02. The molecular formula is C18H21FN2O2S. The fourth-order valence-corrected chi connectivity index (χ4v) is 3.71. The number of rotatable bonds is 4. The highest BCUT2D eigenvalue weighted by atomic mass is 32.1. The van der Waals surface area contributed by atoms with E-state index in [4.69, 9.17) is 0 Å². The van der Waals surface area contributed by atoms with Gasteiger partial charge >= 0.3 is 0 Å². The molecule has 0 aliphatic carbocycles. The Hall–Kier alpha value is -1.76. The number of aryl methyl sites for hydroxylation is 1. The van der Waals surface area contributed by atoms with Gasteiger partial charge in [-0.1, -0.05) is 12.1 Å². The van der Waals surface area contributed by atoms with Crippen molar-refractivity contribution in [3.05, 3.63) is 57.5 Å². The van der Waals surface area contributed by atoms with Gasteiger partial charge in [0.2, 0.25) is 0 Å². The third-order valence-electron chi connectivity index (χ3n) is 4.30. The monoisotopic (exact) mass is 348 g/mol. The molecule has 128 valence electrons. The van der Waals surface area contributed by atoms with Crippen LogP contribution in [0.5, 0.6) is 0 Å². The summed E-state index contributed by atoms with van der Waals surface area (Å²) in [5.74, 6) is -0.214. The molecule has 1 aromatic carbocycles. The van der Waals surface area contributed by atoms with Crippen molar-refractivity contribution < 1.29 is 14.3 Å². The zero-order valence-corrected chi connectivity index (χ0v) is 14.4. The standard InChI is InChI=1S/C18H21FN2O2S/c1-13-2-7-17(24-13)18(23)21-10-8-20(9-11-21)12-16(22)14-3-5-15(19)6-4-14/h2-7,16,22H,8-12H2,1H3/t16-/m0/s1. The first-order chi connectivity index (χ1) is 11.5. The second kappa shape index (κ2) is 7.42. The first kappa shape index (κ1) is 17.1. The predicted molar refractivity (Wildman–Crippen MR) is 92.8 cm³/mol. The smallest absolute Gasteiger partial charge is 0.264 e. The number of aliphatic hydroxyl groups excluding tert-OH is 1. The van der Waals surface area contributed by atoms with Crippen LogP contribution in [0.4, 0.5) is 4.39 Å². The lowest BCUT2D eigenvalue weighted by atomic mass is 10.1. The normalized spacial score (nSPS) is 17.0. The Morgan fingerprint density at radius 1 is 1.17 bits per heavy atom. The molecule has 0 bridgehead atoms. The number of carbonyl (C=O) groups excluding carboxylic acids is 1. The lowest BCUT2D eigenvalue weighted by Gasteiger charge is -2.35. The van der Waals surface area contributed by atoms with Crippen molar-refractivity contribution in [1.29, 1.82) is 0 Å². The number of piperazine rings is 1. The van der Waals surface area contributed by atoms with Gasteiger partial charge in [-0.25, -0.2) is 4.39 Å². The van der Waals surface area contributed by atoms with E-state index < -0.39 is 6.10 Å². The number of thiophene rings is 1. The first-order valence-corrected chi connectivity index (χ1v) is 8.86. The van der Waals surface area contributed by atoms with Gasteiger partial charge in [0.1, 0.15) is 5.82 Å². The number of aliphatic hydroxyl groups is 1. The molecule has 1 aliphatic heterocycles. The van der Waals surface area contributed by atoms with Crippen LogP contribution in [0.25, 0.3) is 0 Å². The summed E-state index contributed by atoms with van der Waals surface area (Å²) in [5.41, 5.74) is 0.712. The molecule has 1 aliphatic rings. The largest absolute Gasteiger partial charge is 0.387 e. The highest BCUT2D eigenvalue weighted by Crippen LogP contribution is 2.19. The first-order valence-electron chi connectivity index (χ1n) is 8.04. The molecule has 1 fully saturated rings. The summed E-state index contributed by atoms with van der Waals surface area (Å²) in [6, 6.07) is 9.79. The van der Waals surface area contributed by atoms with Gasteiger partial charge in [0.05, 0.1) is 11.0 Å². The number of benzene rings is 1. The molecule has 2 aromatic rings. The predicted octanol–water partition coefficient (Wildman–Crippen LogP) is 2.69. The molecule has 1 N–H and O–H groups in total. The van der Waals surface area contributed by atoms with Crippen molar-refractivity contribution >= 4 is 17.2 Å². The topological polar surface area (TPSA) is 43.8 Å². The maximum absolute atomic E-state index is 12.9. The van der Waals surface area contributed by atoms with E-state index >= 15 is 0 Å². The molecule has 24 heavy (non-hydrogen) atoms. The van der Waals surface area contributed by atoms with Crippen molar-refractivity contribution in [2.75, 3.05) is 32.7 Å². The molecule has 0 unspecified atom stereocenters. The molecule has 0 saturated carbocycles. The molecule has 1 amide bonds. The Bertz CT molecular complexity index is 693. The maximum atomic E-state index is 12.9. The number of carbonyl (C=O) groups is 1. The van der Waals surface area contributed by atoms with Gasteiger partial charge in [0, 0.05) is 37.6 Å². The van der Waals surface area contributed by atoms with Crippen LogP contribution in [0.15, 0.2) is 36.4 Å². The minimum absolute atomic E-state index is 0.0897. The van der Waals surface area contributed by atoms with Crippen molar-refractivity contribution in [3.63, 3.8) is 0 Å². The molecular weight excluding hydrogens is 327 g/mol. The highest BCUT2D eigenvalue weighted by molar-refractivity contribution is 7.13. The molecule has 4 nitrogen and oxygen atoms in total. The van der Waals surface area contributed by atoms with Crippen LogP contribution in [0.2, 0.25) is 0 Å². The second-order valence-corrected chi connectivity index (χ2v) is 7.36. The number of hydrogen-bond acceptors (Lipinski definition) is 4. The van der Waals surface area contributed by atoms with Crippen LogP contribution in [-0.4, -0.2) is 53.5 Å². The summed E-state index contributed by atoms with van der Waals surface area (Å²) >= 11 is 1.52. The summed E-state index contributed by atoms with van der Waals surface area (Å²) in [4.78, 5) is 18.4. The summed E-state index contributed by atoms with van der Waals surface area (Å²) in [6.45, 7) is 5.27. The average molecular weight is 348 g/mol. The minimum atomic E-state index is -0.646. The van der Waals surface area contributed by atoms with Crippen LogP contribution in [0, 0.1) is 12.7 Å². The molecule has 0 radical (unpaired) electrons. The van der Waals surface area contributed by atoms with Crippen LogP contribution in [0.3, 0.4) is 0 Å². The van der Waals surface area contributed by atoms with Gasteiger partial charge in [0.25, 0.3) is 5.91 Å². The van der Waals surface area contributed by atoms with Gasteiger partial charge in [-0.3, -0.25) is 9.69 Å². The molecule has 1 atom stereocenters. The fourth-order valence-electron chi connectivity index (χ4n) is 2.87. The second-order valence-electron chi connectivity index (χ2n) is 6.07. The van der Waals surface area contributed by atoms with E-state index in [9.17, 15) is 14.3 Å². The van der Waals surface area contributed by atoms with E-state index in [0.717, 1.165) is 22.8 Å². The lowest BCUT2D eigenvalue weighted by molar-refractivity contribution is 0.0531. The van der Waals surface area contributed by atoms with Crippen LogP contribution in [0.1, 0.15) is 26.2 Å². The molecule has 1 saturated heterocycles. The van der Waals surface area contributed by atoms with Gasteiger partial charge in [-0.05, 0) is 36.8 Å². The summed E-state index contributed by atoms with van der Waals surface area (Å²) < 4.78 is 12.9. The van der Waals surface area contributed by atoms with Crippen molar-refractivity contribution in [2.24, 2.45) is 0 Å². The van der Waals surface area contributed by atoms with E-state index in [2.05, 4.69) is 4.90 Å². The summed E-state index contributed by atoms with van der Waals surface area (Å²) in [5, 5.41) is 10.3. The number of halogens is 1. The molecule has 3 rings (SSSR count). The summed E-state index contributed by atoms with van der Waals surface area (Å²) in [6.07, 6.45) is -0.646. The maximum Gasteiger partial charge on any atom is 0.264 e. The summed E-state index contributed by atoms with van der Waals surface area (Å²) in [7, 11) is 0. The van der Waals surface area contributed by atoms with Gasteiger partial charge in [-0.15, -0.1) is 11.3 Å². The van der Waals surface area contributed by atoms with E-state index in [0.29, 0.717) is 25.2 Å². The zero-order chi connectivity index (χ0) is 17.1. The number of hydrogen-bond donors (Lipinski definition) is 1. The van der Waals surface area contributed by atoms with E-state index in [-0.39, 0.29) is 11.7 Å². The van der Waals surface area contributed by atoms with E-state index in [1.807, 2.05) is 24.0 Å². The Labute approximate surface area is 145 Å². The minimum Gasteiger partial charge on any atom is -0.387 e. The van der Waals surface area contributed by atoms with Crippen molar-refractivity contribution in [3.8, 4) is 0 Å². The van der Waals surface area contributed by atoms with Gasteiger partial charge in [0.15, 0.2) is 0 Å². The highest BCUT2D eigenvalue weighted by Gasteiger charge is 2.24. The van der Waals surface area contributed by atoms with Gasteiger partial charge < -0.3 is 10.0 Å². The SMILES string of the molecule is Cc1ccc(C(=O)N2CCN(C[C@H](O)c3ccc(F)cc3)CC2)s1. The quantitative estimate of drug-likeness (QED) is 0.924. The molecule has 1 aromatic heterocycles. The zero-order valence-electron chi connectivity index (χ0n) is 13.6. The lowest BCUT2D eigenvalue weighted by Crippen LogP contribution is -2.49. The van der Waals surface area contributed by atoms with Gasteiger partial charge in [-0.2, -0.15) is 0 Å². The third-order valence-corrected chi connectivity index (χ3v) is 5.29.